The summed E-state index contributed by atoms with van der Waals surface area (Å²) in [5, 5.41) is 0.412. The van der Waals surface area contributed by atoms with E-state index in [-0.39, 0.29) is 9.23 Å². The molecule has 1 aromatic heterocycles. The molecule has 2 rings (SSSR count). The first-order valence-corrected chi connectivity index (χ1v) is 8.95. The van der Waals surface area contributed by atoms with Crippen molar-refractivity contribution in [3.63, 3.8) is 0 Å². The Hall–Kier alpha value is 0.0200. The Labute approximate surface area is 137 Å². The van der Waals surface area contributed by atoms with Gasteiger partial charge in [-0.25, -0.2) is 8.42 Å². The molecule has 0 aliphatic carbocycles. The van der Waals surface area contributed by atoms with E-state index in [4.69, 9.17) is 34.8 Å². The van der Waals surface area contributed by atoms with Crippen molar-refractivity contribution in [3.05, 3.63) is 42.4 Å². The monoisotopic (exact) mass is 419 g/mol. The second-order valence-electron chi connectivity index (χ2n) is 3.42. The van der Waals surface area contributed by atoms with Gasteiger partial charge in [0.2, 0.25) is 0 Å². The van der Waals surface area contributed by atoms with E-state index in [1.54, 1.807) is 12.1 Å². The highest BCUT2D eigenvalue weighted by Crippen LogP contribution is 2.36. The minimum Gasteiger partial charge on any atom is -0.278 e. The van der Waals surface area contributed by atoms with Gasteiger partial charge in [-0.15, -0.1) is 11.3 Å². The average molecular weight is 422 g/mol. The molecule has 0 saturated heterocycles. The number of rotatable bonds is 3. The molecule has 0 radical (unpaired) electrons. The number of nitrogens with one attached hydrogen (secondary N) is 1. The van der Waals surface area contributed by atoms with E-state index in [1.165, 1.54) is 12.1 Å². The lowest BCUT2D eigenvalue weighted by Crippen LogP contribution is -2.12. The normalized spacial score (nSPS) is 11.6. The van der Waals surface area contributed by atoms with E-state index >= 15 is 0 Å². The molecule has 102 valence electrons. The first-order valence-electron chi connectivity index (χ1n) is 4.72. The third kappa shape index (κ3) is 3.56. The number of halogens is 4. The lowest BCUT2D eigenvalue weighted by molar-refractivity contribution is 0.601. The molecule has 0 saturated carbocycles. The van der Waals surface area contributed by atoms with E-state index in [9.17, 15) is 8.42 Å². The highest BCUT2D eigenvalue weighted by atomic mass is 79.9. The van der Waals surface area contributed by atoms with Crippen LogP contribution in [0.25, 0.3) is 0 Å². The van der Waals surface area contributed by atoms with Crippen LogP contribution < -0.4 is 4.72 Å². The maximum atomic E-state index is 12.2. The van der Waals surface area contributed by atoms with Gasteiger partial charge in [0.15, 0.2) is 0 Å². The summed E-state index contributed by atoms with van der Waals surface area (Å²) in [6.07, 6.45) is 0. The quantitative estimate of drug-likeness (QED) is 0.734. The minimum atomic E-state index is -3.81. The highest BCUT2D eigenvalue weighted by Gasteiger charge is 2.22. The first kappa shape index (κ1) is 15.4. The van der Waals surface area contributed by atoms with E-state index in [0.717, 1.165) is 11.3 Å². The van der Waals surface area contributed by atoms with Gasteiger partial charge in [0.25, 0.3) is 10.0 Å². The number of sulfonamides is 1. The van der Waals surface area contributed by atoms with Crippen LogP contribution in [0.2, 0.25) is 13.7 Å². The molecule has 1 heterocycles. The van der Waals surface area contributed by atoms with Gasteiger partial charge >= 0.3 is 0 Å². The fourth-order valence-corrected chi connectivity index (χ4v) is 5.15. The minimum absolute atomic E-state index is 0.0592. The zero-order valence-corrected chi connectivity index (χ0v) is 14.4. The van der Waals surface area contributed by atoms with Gasteiger partial charge in [0.05, 0.1) is 10.0 Å². The van der Waals surface area contributed by atoms with Gasteiger partial charge in [-0.1, -0.05) is 34.8 Å². The molecule has 9 heteroatoms. The Morgan fingerprint density at radius 1 is 1.16 bits per heavy atom. The molecular weight excluding hydrogens is 417 g/mol. The molecule has 0 aliphatic rings. The molecule has 3 nitrogen and oxygen atoms in total. The SMILES string of the molecule is O=S(=O)(Nc1cc(Cl)ccc1Br)c1cc(Cl)sc1Cl. The zero-order valence-electron chi connectivity index (χ0n) is 8.95. The van der Waals surface area contributed by atoms with E-state index in [0.29, 0.717) is 19.5 Å². The summed E-state index contributed by atoms with van der Waals surface area (Å²) in [5.74, 6) is 0. The number of hydrogen-bond donors (Lipinski definition) is 1. The van der Waals surface area contributed by atoms with Crippen LogP contribution >= 0.6 is 62.1 Å². The molecule has 0 unspecified atom stereocenters. The summed E-state index contributed by atoms with van der Waals surface area (Å²) >= 11 is 21.6. The number of hydrogen-bond acceptors (Lipinski definition) is 3. The van der Waals surface area contributed by atoms with Crippen LogP contribution in [0.15, 0.2) is 33.6 Å². The van der Waals surface area contributed by atoms with Crippen molar-refractivity contribution in [2.45, 2.75) is 4.90 Å². The molecule has 0 bridgehead atoms. The van der Waals surface area contributed by atoms with Crippen LogP contribution in [-0.4, -0.2) is 8.42 Å². The summed E-state index contributed by atoms with van der Waals surface area (Å²) in [4.78, 5) is -0.0592. The molecule has 1 aromatic carbocycles. The lowest BCUT2D eigenvalue weighted by Gasteiger charge is -2.09. The number of benzene rings is 1. The molecule has 0 atom stereocenters. The maximum Gasteiger partial charge on any atom is 0.264 e. The molecule has 0 amide bonds. The molecule has 0 fully saturated rings. The Kier molecular flexibility index (Phi) is 4.70. The van der Waals surface area contributed by atoms with E-state index < -0.39 is 10.0 Å². The zero-order chi connectivity index (χ0) is 14.2. The van der Waals surface area contributed by atoms with Crippen LogP contribution in [0.1, 0.15) is 0 Å². The summed E-state index contributed by atoms with van der Waals surface area (Å²) < 4.78 is 27.8. The Bertz CT molecular complexity index is 730. The topological polar surface area (TPSA) is 46.2 Å². The summed E-state index contributed by atoms with van der Waals surface area (Å²) in [5.41, 5.74) is 0.325. The summed E-state index contributed by atoms with van der Waals surface area (Å²) in [6.45, 7) is 0. The van der Waals surface area contributed by atoms with Crippen molar-refractivity contribution in [2.75, 3.05) is 4.72 Å². The Morgan fingerprint density at radius 2 is 1.84 bits per heavy atom. The molecule has 0 aliphatic heterocycles. The van der Waals surface area contributed by atoms with Gasteiger partial charge in [-0.3, -0.25) is 4.72 Å². The van der Waals surface area contributed by atoms with Crippen molar-refractivity contribution < 1.29 is 8.42 Å². The number of anilines is 1. The fraction of sp³-hybridized carbons (Fsp3) is 0. The standard InChI is InChI=1S/C10H5BrCl3NO2S2/c11-6-2-1-5(12)3-7(6)15-19(16,17)8-4-9(13)18-10(8)14/h1-4,15H. The smallest absolute Gasteiger partial charge is 0.264 e. The molecule has 19 heavy (non-hydrogen) atoms. The molecule has 1 N–H and O–H groups in total. The first-order chi connectivity index (χ1) is 8.79. The van der Waals surface area contributed by atoms with Gasteiger partial charge in [-0.05, 0) is 40.2 Å². The molecule has 2 aromatic rings. The van der Waals surface area contributed by atoms with Gasteiger partial charge in [-0.2, -0.15) is 0 Å². The molecule has 0 spiro atoms. The highest BCUT2D eigenvalue weighted by molar-refractivity contribution is 9.10. The molecular formula is C10H5BrCl3NO2S2. The van der Waals surface area contributed by atoms with Crippen LogP contribution in [0.5, 0.6) is 0 Å². The number of thiophene rings is 1. The van der Waals surface area contributed by atoms with Crippen LogP contribution in [0, 0.1) is 0 Å². The van der Waals surface area contributed by atoms with E-state index in [1.807, 2.05) is 0 Å². The van der Waals surface area contributed by atoms with Crippen LogP contribution in [-0.2, 0) is 10.0 Å². The average Bonchev–Trinajstić information content (AvgIpc) is 2.63. The van der Waals surface area contributed by atoms with Crippen molar-refractivity contribution in [1.82, 2.24) is 0 Å². The maximum absolute atomic E-state index is 12.2. The van der Waals surface area contributed by atoms with Crippen molar-refractivity contribution in [1.29, 1.82) is 0 Å². The third-order valence-electron chi connectivity index (χ3n) is 2.09. The Balaban J connectivity index is 2.42. The second-order valence-corrected chi connectivity index (χ2v) is 8.65. The van der Waals surface area contributed by atoms with Crippen molar-refractivity contribution in [3.8, 4) is 0 Å². The lowest BCUT2D eigenvalue weighted by atomic mass is 10.3. The largest absolute Gasteiger partial charge is 0.278 e. The fourth-order valence-electron chi connectivity index (χ4n) is 1.28. The predicted octanol–water partition coefficient (Wildman–Crippen LogP) is 5.27. The third-order valence-corrected chi connectivity index (χ3v) is 6.13. The Morgan fingerprint density at radius 3 is 2.42 bits per heavy atom. The van der Waals surface area contributed by atoms with Crippen LogP contribution in [0.3, 0.4) is 0 Å². The van der Waals surface area contributed by atoms with Crippen molar-refractivity contribution >= 4 is 77.8 Å². The second kappa shape index (κ2) is 5.79. The summed E-state index contributed by atoms with van der Waals surface area (Å²) in [6, 6.07) is 6.07. The van der Waals surface area contributed by atoms with Gasteiger partial charge in [0.1, 0.15) is 9.23 Å². The van der Waals surface area contributed by atoms with E-state index in [2.05, 4.69) is 20.7 Å². The summed E-state index contributed by atoms with van der Waals surface area (Å²) in [7, 11) is -3.81. The van der Waals surface area contributed by atoms with Gasteiger partial charge < -0.3 is 0 Å². The van der Waals surface area contributed by atoms with Crippen LogP contribution in [0.4, 0.5) is 5.69 Å². The van der Waals surface area contributed by atoms with Crippen molar-refractivity contribution in [2.24, 2.45) is 0 Å². The van der Waals surface area contributed by atoms with Gasteiger partial charge in [0, 0.05) is 9.50 Å². The predicted molar refractivity (Wildman–Crippen MR) is 84.3 cm³/mol.